The Morgan fingerprint density at radius 2 is 1.62 bits per heavy atom. The molecule has 2 atom stereocenters. The summed E-state index contributed by atoms with van der Waals surface area (Å²) in [7, 11) is 0. The molecule has 0 amide bonds. The molecule has 2 rings (SSSR count). The van der Waals surface area contributed by atoms with E-state index in [4.69, 9.17) is 0 Å². The van der Waals surface area contributed by atoms with Gasteiger partial charge in [-0.3, -0.25) is 0 Å². The number of aromatic hydroxyl groups is 1. The summed E-state index contributed by atoms with van der Waals surface area (Å²) in [5.74, 6) is 0.229. The van der Waals surface area contributed by atoms with Gasteiger partial charge in [-0.1, -0.05) is 42.5 Å². The van der Waals surface area contributed by atoms with Gasteiger partial charge in [0, 0.05) is 6.54 Å². The third-order valence-electron chi connectivity index (χ3n) is 3.63. The van der Waals surface area contributed by atoms with Crippen molar-refractivity contribution in [1.29, 1.82) is 0 Å². The third kappa shape index (κ3) is 4.29. The monoisotopic (exact) mass is 287 g/mol. The van der Waals surface area contributed by atoms with Gasteiger partial charge in [-0.25, -0.2) is 0 Å². The van der Waals surface area contributed by atoms with Crippen LogP contribution in [-0.2, 0) is 6.42 Å². The zero-order valence-corrected chi connectivity index (χ0v) is 12.1. The molecule has 3 N–H and O–H groups in total. The molecule has 21 heavy (non-hydrogen) atoms. The van der Waals surface area contributed by atoms with Crippen molar-refractivity contribution in [3.63, 3.8) is 0 Å². The van der Waals surface area contributed by atoms with Gasteiger partial charge in [0.15, 0.2) is 0 Å². The Morgan fingerprint density at radius 3 is 2.24 bits per heavy atom. The van der Waals surface area contributed by atoms with Crippen LogP contribution in [0.5, 0.6) is 5.75 Å². The summed E-state index contributed by atoms with van der Waals surface area (Å²) in [6.07, 6.45) is -0.0983. The highest BCUT2D eigenvalue weighted by molar-refractivity contribution is 5.26. The van der Waals surface area contributed by atoms with Crippen molar-refractivity contribution in [3.8, 4) is 5.75 Å². The number of hydrogen-bond acceptors (Lipinski definition) is 4. The maximum absolute atomic E-state index is 10.3. The lowest BCUT2D eigenvalue weighted by molar-refractivity contribution is -0.149. The van der Waals surface area contributed by atoms with E-state index < -0.39 is 12.1 Å². The first kappa shape index (κ1) is 15.5. The number of nitrogens with zero attached hydrogens (tertiary/aromatic N) is 1. The minimum Gasteiger partial charge on any atom is -0.508 e. The molecular formula is C17H21NO3. The van der Waals surface area contributed by atoms with Crippen molar-refractivity contribution in [3.05, 3.63) is 65.7 Å². The Labute approximate surface area is 124 Å². The first-order valence-corrected chi connectivity index (χ1v) is 7.04. The van der Waals surface area contributed by atoms with E-state index in [2.05, 4.69) is 0 Å². The van der Waals surface area contributed by atoms with Gasteiger partial charge < -0.3 is 15.4 Å². The molecule has 0 fully saturated rings. The van der Waals surface area contributed by atoms with Gasteiger partial charge in [0.1, 0.15) is 5.75 Å². The van der Waals surface area contributed by atoms with Crippen molar-refractivity contribution in [2.45, 2.75) is 25.5 Å². The highest BCUT2D eigenvalue weighted by Gasteiger charge is 2.21. The van der Waals surface area contributed by atoms with Crippen LogP contribution in [0.1, 0.15) is 24.2 Å². The Kier molecular flexibility index (Phi) is 5.33. The average Bonchev–Trinajstić information content (AvgIpc) is 2.53. The molecule has 4 heteroatoms. The van der Waals surface area contributed by atoms with Crippen molar-refractivity contribution < 1.29 is 15.4 Å². The number of phenolic OH excluding ortho intramolecular Hbond substituents is 1. The molecule has 112 valence electrons. The number of aliphatic hydroxyl groups is 1. The van der Waals surface area contributed by atoms with Crippen LogP contribution in [0.4, 0.5) is 0 Å². The fraction of sp³-hybridized carbons (Fsp3) is 0.294. The molecule has 0 saturated heterocycles. The molecule has 0 aliphatic rings. The van der Waals surface area contributed by atoms with E-state index >= 15 is 0 Å². The second kappa shape index (κ2) is 7.22. The van der Waals surface area contributed by atoms with Crippen LogP contribution in [-0.4, -0.2) is 33.1 Å². The van der Waals surface area contributed by atoms with Crippen LogP contribution < -0.4 is 0 Å². The van der Waals surface area contributed by atoms with Crippen molar-refractivity contribution in [2.75, 3.05) is 6.54 Å². The number of benzene rings is 2. The third-order valence-corrected chi connectivity index (χ3v) is 3.63. The fourth-order valence-corrected chi connectivity index (χ4v) is 2.20. The summed E-state index contributed by atoms with van der Waals surface area (Å²) in [5, 5.41) is 30.7. The topological polar surface area (TPSA) is 63.9 Å². The summed E-state index contributed by atoms with van der Waals surface area (Å²) >= 11 is 0. The smallest absolute Gasteiger partial charge is 0.115 e. The molecule has 2 aromatic carbocycles. The first-order chi connectivity index (χ1) is 10.1. The van der Waals surface area contributed by atoms with Crippen LogP contribution in [0, 0.1) is 0 Å². The Balaban J connectivity index is 1.90. The second-order valence-electron chi connectivity index (χ2n) is 5.18. The van der Waals surface area contributed by atoms with E-state index in [0.29, 0.717) is 13.0 Å². The zero-order chi connectivity index (χ0) is 15.2. The minimum absolute atomic E-state index is 0.229. The Bertz CT molecular complexity index is 542. The van der Waals surface area contributed by atoms with E-state index in [9.17, 15) is 15.4 Å². The fourth-order valence-electron chi connectivity index (χ4n) is 2.20. The highest BCUT2D eigenvalue weighted by atomic mass is 16.5. The molecule has 2 aromatic rings. The van der Waals surface area contributed by atoms with E-state index in [0.717, 1.165) is 16.2 Å². The second-order valence-corrected chi connectivity index (χ2v) is 5.18. The molecule has 0 aromatic heterocycles. The predicted molar refractivity (Wildman–Crippen MR) is 81.2 cm³/mol. The highest BCUT2D eigenvalue weighted by Crippen LogP contribution is 2.20. The summed E-state index contributed by atoms with van der Waals surface area (Å²) in [6.45, 7) is 2.20. The maximum atomic E-state index is 10.3. The molecule has 4 nitrogen and oxygen atoms in total. The van der Waals surface area contributed by atoms with Gasteiger partial charge in [0.25, 0.3) is 0 Å². The summed E-state index contributed by atoms with van der Waals surface area (Å²) in [6, 6.07) is 15.8. The van der Waals surface area contributed by atoms with Crippen molar-refractivity contribution in [2.24, 2.45) is 0 Å². The van der Waals surface area contributed by atoms with Gasteiger partial charge in [-0.05, 0) is 36.6 Å². The van der Waals surface area contributed by atoms with E-state index in [1.165, 1.54) is 0 Å². The van der Waals surface area contributed by atoms with Crippen LogP contribution in [0.2, 0.25) is 0 Å². The van der Waals surface area contributed by atoms with Crippen LogP contribution in [0.25, 0.3) is 0 Å². The number of aliphatic hydroxyl groups excluding tert-OH is 1. The summed E-state index contributed by atoms with van der Waals surface area (Å²) in [4.78, 5) is 0. The normalized spacial score (nSPS) is 14.1. The lowest BCUT2D eigenvalue weighted by Crippen LogP contribution is -2.36. The van der Waals surface area contributed by atoms with Crippen LogP contribution in [0.3, 0.4) is 0 Å². The lowest BCUT2D eigenvalue weighted by Gasteiger charge is -2.27. The molecule has 0 spiro atoms. The molecule has 0 unspecified atom stereocenters. The predicted octanol–water partition coefficient (Wildman–Crippen LogP) is 2.75. The largest absolute Gasteiger partial charge is 0.508 e. The van der Waals surface area contributed by atoms with Gasteiger partial charge in [0.2, 0.25) is 0 Å². The standard InChI is InChI=1S/C17H21NO3/c1-13(17(20)15-5-3-2-4-6-15)18(21)12-11-14-7-9-16(19)10-8-14/h2-10,13,17,19-21H,11-12H2,1H3/t13-,17-/m1/s1. The average molecular weight is 287 g/mol. The minimum atomic E-state index is -0.740. The number of hydrogen-bond donors (Lipinski definition) is 3. The van der Waals surface area contributed by atoms with Crippen molar-refractivity contribution in [1.82, 2.24) is 5.06 Å². The maximum Gasteiger partial charge on any atom is 0.115 e. The molecule has 0 bridgehead atoms. The molecule has 0 aliphatic carbocycles. The zero-order valence-electron chi connectivity index (χ0n) is 12.1. The molecule has 0 heterocycles. The quantitative estimate of drug-likeness (QED) is 0.715. The Morgan fingerprint density at radius 1 is 1.00 bits per heavy atom. The molecular weight excluding hydrogens is 266 g/mol. The number of rotatable bonds is 6. The number of hydroxylamine groups is 2. The Hall–Kier alpha value is -1.88. The number of phenols is 1. The SMILES string of the molecule is C[C@H]([C@@H](O)c1ccccc1)N(O)CCc1ccc(O)cc1. The molecule has 0 saturated carbocycles. The van der Waals surface area contributed by atoms with Gasteiger partial charge in [-0.15, -0.1) is 0 Å². The van der Waals surface area contributed by atoms with Gasteiger partial charge >= 0.3 is 0 Å². The van der Waals surface area contributed by atoms with Gasteiger partial charge in [0.05, 0.1) is 12.1 Å². The van der Waals surface area contributed by atoms with E-state index in [1.54, 1.807) is 19.1 Å². The van der Waals surface area contributed by atoms with Gasteiger partial charge in [-0.2, -0.15) is 5.06 Å². The van der Waals surface area contributed by atoms with Crippen LogP contribution in [0.15, 0.2) is 54.6 Å². The molecule has 0 aliphatic heterocycles. The summed E-state index contributed by atoms with van der Waals surface area (Å²) < 4.78 is 0. The summed E-state index contributed by atoms with van der Waals surface area (Å²) in [5.41, 5.74) is 1.81. The lowest BCUT2D eigenvalue weighted by atomic mass is 10.0. The first-order valence-electron chi connectivity index (χ1n) is 7.04. The molecule has 0 radical (unpaired) electrons. The van der Waals surface area contributed by atoms with Crippen molar-refractivity contribution >= 4 is 0 Å². The van der Waals surface area contributed by atoms with E-state index in [-0.39, 0.29) is 5.75 Å². The van der Waals surface area contributed by atoms with Crippen LogP contribution >= 0.6 is 0 Å². The van der Waals surface area contributed by atoms with E-state index in [1.807, 2.05) is 42.5 Å².